The molecule has 0 saturated carbocycles. The predicted octanol–water partition coefficient (Wildman–Crippen LogP) is 2.04. The van der Waals surface area contributed by atoms with E-state index in [1.165, 1.54) is 30.5 Å². The summed E-state index contributed by atoms with van der Waals surface area (Å²) in [5.41, 5.74) is 0.129. The first-order chi connectivity index (χ1) is 9.09. The van der Waals surface area contributed by atoms with Crippen LogP contribution in [0.25, 0.3) is 0 Å². The van der Waals surface area contributed by atoms with Crippen molar-refractivity contribution in [1.82, 2.24) is 0 Å². The van der Waals surface area contributed by atoms with Crippen LogP contribution in [-0.4, -0.2) is 23.1 Å². The summed E-state index contributed by atoms with van der Waals surface area (Å²) in [5.74, 6) is -0.897. The van der Waals surface area contributed by atoms with Gasteiger partial charge in [0, 0.05) is 18.1 Å². The fourth-order valence-corrected chi connectivity index (χ4v) is 1.82. The van der Waals surface area contributed by atoms with Crippen molar-refractivity contribution in [3.05, 3.63) is 51.8 Å². The molecule has 1 heterocycles. The van der Waals surface area contributed by atoms with Crippen LogP contribution in [0.1, 0.15) is 23.2 Å². The Labute approximate surface area is 108 Å². The van der Waals surface area contributed by atoms with Crippen LogP contribution in [0.5, 0.6) is 0 Å². The topological polar surface area (TPSA) is 86.5 Å². The van der Waals surface area contributed by atoms with Gasteiger partial charge in [0.2, 0.25) is 0 Å². The minimum absolute atomic E-state index is 0.0413. The first-order valence-electron chi connectivity index (χ1n) is 5.70. The van der Waals surface area contributed by atoms with Crippen LogP contribution in [0.3, 0.4) is 0 Å². The number of carbonyl (C=O) groups is 2. The van der Waals surface area contributed by atoms with Crippen LogP contribution in [0.15, 0.2) is 36.1 Å². The average molecular weight is 261 g/mol. The van der Waals surface area contributed by atoms with Crippen molar-refractivity contribution in [2.24, 2.45) is 0 Å². The molecule has 0 amide bonds. The van der Waals surface area contributed by atoms with Gasteiger partial charge in [0.1, 0.15) is 0 Å². The number of carbonyl (C=O) groups excluding carboxylic acids is 2. The SMILES string of the molecule is O=C(CC(=O)c1ccccc1[N+](=O)[O-])C1=COCC1. The largest absolute Gasteiger partial charge is 0.500 e. The zero-order valence-corrected chi connectivity index (χ0v) is 10.00. The number of ether oxygens (including phenoxy) is 1. The Kier molecular flexibility index (Phi) is 3.70. The smallest absolute Gasteiger partial charge is 0.280 e. The van der Waals surface area contributed by atoms with Crippen molar-refractivity contribution in [3.8, 4) is 0 Å². The molecule has 1 aliphatic heterocycles. The number of ketones is 2. The van der Waals surface area contributed by atoms with Gasteiger partial charge in [-0.05, 0) is 6.07 Å². The molecule has 1 aromatic carbocycles. The van der Waals surface area contributed by atoms with Gasteiger partial charge in [-0.1, -0.05) is 12.1 Å². The van der Waals surface area contributed by atoms with Crippen LogP contribution >= 0.6 is 0 Å². The Morgan fingerprint density at radius 1 is 1.26 bits per heavy atom. The Morgan fingerprint density at radius 3 is 2.63 bits per heavy atom. The Bertz CT molecular complexity index is 576. The molecule has 0 aliphatic carbocycles. The van der Waals surface area contributed by atoms with Gasteiger partial charge < -0.3 is 4.74 Å². The van der Waals surface area contributed by atoms with Crippen molar-refractivity contribution in [1.29, 1.82) is 0 Å². The predicted molar refractivity (Wildman–Crippen MR) is 65.7 cm³/mol. The third-order valence-corrected chi connectivity index (χ3v) is 2.80. The second kappa shape index (κ2) is 5.43. The van der Waals surface area contributed by atoms with Gasteiger partial charge in [0.05, 0.1) is 29.8 Å². The number of Topliss-reactive ketones (excluding diaryl/α,β-unsaturated/α-hetero) is 2. The van der Waals surface area contributed by atoms with E-state index in [0.29, 0.717) is 18.6 Å². The molecular weight excluding hydrogens is 250 g/mol. The zero-order chi connectivity index (χ0) is 13.8. The number of nitrogens with zero attached hydrogens (tertiary/aromatic N) is 1. The van der Waals surface area contributed by atoms with Crippen molar-refractivity contribution < 1.29 is 19.2 Å². The molecule has 19 heavy (non-hydrogen) atoms. The lowest BCUT2D eigenvalue weighted by Gasteiger charge is -2.02. The third kappa shape index (κ3) is 2.85. The molecule has 6 heteroatoms. The summed E-state index contributed by atoms with van der Waals surface area (Å²) in [6, 6.07) is 5.61. The van der Waals surface area contributed by atoms with Gasteiger partial charge in [0.25, 0.3) is 5.69 Å². The first-order valence-corrected chi connectivity index (χ1v) is 5.70. The summed E-state index contributed by atoms with van der Waals surface area (Å²) in [7, 11) is 0. The quantitative estimate of drug-likeness (QED) is 0.350. The summed E-state index contributed by atoms with van der Waals surface area (Å²) < 4.78 is 4.93. The maximum absolute atomic E-state index is 11.9. The molecule has 0 bridgehead atoms. The molecule has 2 rings (SSSR count). The van der Waals surface area contributed by atoms with Crippen LogP contribution in [-0.2, 0) is 9.53 Å². The van der Waals surface area contributed by atoms with Crippen molar-refractivity contribution in [3.63, 3.8) is 0 Å². The van der Waals surface area contributed by atoms with E-state index < -0.39 is 10.7 Å². The average Bonchev–Trinajstić information content (AvgIpc) is 2.92. The van der Waals surface area contributed by atoms with Gasteiger partial charge in [-0.2, -0.15) is 0 Å². The van der Waals surface area contributed by atoms with E-state index in [1.54, 1.807) is 0 Å². The van der Waals surface area contributed by atoms with Crippen molar-refractivity contribution >= 4 is 17.3 Å². The highest BCUT2D eigenvalue weighted by atomic mass is 16.6. The maximum atomic E-state index is 11.9. The van der Waals surface area contributed by atoms with Crippen LogP contribution < -0.4 is 0 Å². The van der Waals surface area contributed by atoms with E-state index in [2.05, 4.69) is 0 Å². The molecule has 0 radical (unpaired) electrons. The number of nitro groups is 1. The van der Waals surface area contributed by atoms with E-state index in [0.717, 1.165) is 0 Å². The minimum Gasteiger partial charge on any atom is -0.500 e. The molecule has 0 N–H and O–H groups in total. The molecule has 0 fully saturated rings. The number of benzene rings is 1. The summed E-state index contributed by atoms with van der Waals surface area (Å²) in [6.45, 7) is 0.431. The maximum Gasteiger partial charge on any atom is 0.280 e. The molecule has 6 nitrogen and oxygen atoms in total. The van der Waals surface area contributed by atoms with E-state index in [9.17, 15) is 19.7 Å². The summed E-state index contributed by atoms with van der Waals surface area (Å²) in [5, 5.41) is 10.8. The van der Waals surface area contributed by atoms with Gasteiger partial charge in [-0.3, -0.25) is 19.7 Å². The van der Waals surface area contributed by atoms with E-state index in [-0.39, 0.29) is 23.5 Å². The zero-order valence-electron chi connectivity index (χ0n) is 10.00. The molecule has 0 aromatic heterocycles. The molecule has 0 atom stereocenters. The molecule has 1 aromatic rings. The lowest BCUT2D eigenvalue weighted by Crippen LogP contribution is -2.11. The monoisotopic (exact) mass is 261 g/mol. The van der Waals surface area contributed by atoms with Crippen LogP contribution in [0.4, 0.5) is 5.69 Å². The van der Waals surface area contributed by atoms with Crippen LogP contribution in [0, 0.1) is 10.1 Å². The number of para-hydroxylation sites is 1. The number of hydrogen-bond acceptors (Lipinski definition) is 5. The fraction of sp³-hybridized carbons (Fsp3) is 0.231. The van der Waals surface area contributed by atoms with Gasteiger partial charge in [-0.15, -0.1) is 0 Å². The van der Waals surface area contributed by atoms with Gasteiger partial charge >= 0.3 is 0 Å². The normalized spacial score (nSPS) is 13.6. The fourth-order valence-electron chi connectivity index (χ4n) is 1.82. The minimum atomic E-state index is -0.629. The Morgan fingerprint density at radius 2 is 2.00 bits per heavy atom. The van der Waals surface area contributed by atoms with E-state index >= 15 is 0 Å². The summed E-state index contributed by atoms with van der Waals surface area (Å²) in [6.07, 6.45) is 1.44. The van der Waals surface area contributed by atoms with Crippen molar-refractivity contribution in [2.75, 3.05) is 6.61 Å². The lowest BCUT2D eigenvalue weighted by molar-refractivity contribution is -0.385. The molecule has 0 saturated heterocycles. The molecule has 0 unspecified atom stereocenters. The third-order valence-electron chi connectivity index (χ3n) is 2.80. The van der Waals surface area contributed by atoms with Crippen molar-refractivity contribution in [2.45, 2.75) is 12.8 Å². The second-order valence-corrected chi connectivity index (χ2v) is 4.06. The molecule has 1 aliphatic rings. The number of hydrogen-bond donors (Lipinski definition) is 0. The summed E-state index contributed by atoms with van der Waals surface area (Å²) in [4.78, 5) is 33.9. The second-order valence-electron chi connectivity index (χ2n) is 4.06. The molecule has 0 spiro atoms. The summed E-state index contributed by atoms with van der Waals surface area (Å²) >= 11 is 0. The standard InChI is InChI=1S/C13H11NO5/c15-12(9-5-6-19-8-9)7-13(16)10-3-1-2-4-11(10)14(17)18/h1-4,8H,5-7H2. The van der Waals surface area contributed by atoms with Gasteiger partial charge in [-0.25, -0.2) is 0 Å². The number of rotatable bonds is 5. The highest BCUT2D eigenvalue weighted by Crippen LogP contribution is 2.21. The molecular formula is C13H11NO5. The lowest BCUT2D eigenvalue weighted by atomic mass is 10.0. The van der Waals surface area contributed by atoms with E-state index in [4.69, 9.17) is 4.74 Å². The number of nitro benzene ring substituents is 1. The van der Waals surface area contributed by atoms with E-state index in [1.807, 2.05) is 0 Å². The molecule has 98 valence electrons. The highest BCUT2D eigenvalue weighted by Gasteiger charge is 2.23. The van der Waals surface area contributed by atoms with Gasteiger partial charge in [0.15, 0.2) is 11.6 Å². The Balaban J connectivity index is 2.16. The van der Waals surface area contributed by atoms with Crippen LogP contribution in [0.2, 0.25) is 0 Å². The highest BCUT2D eigenvalue weighted by molar-refractivity contribution is 6.14. The first kappa shape index (κ1) is 12.9. The Hall–Kier alpha value is -2.50.